The number of hydrogen-bond acceptors (Lipinski definition) is 4. The van der Waals surface area contributed by atoms with Gasteiger partial charge in [0.1, 0.15) is 17.4 Å². The van der Waals surface area contributed by atoms with Crippen molar-refractivity contribution in [3.8, 4) is 5.75 Å². The van der Waals surface area contributed by atoms with Crippen molar-refractivity contribution < 1.29 is 27.8 Å². The highest BCUT2D eigenvalue weighted by Gasteiger charge is 2.20. The Kier molecular flexibility index (Phi) is 10.8. The Balaban J connectivity index is 1.38. The van der Waals surface area contributed by atoms with Gasteiger partial charge in [0.25, 0.3) is 0 Å². The normalized spacial score (nSPS) is 11.7. The van der Waals surface area contributed by atoms with Crippen LogP contribution in [0.2, 0.25) is 0 Å². The number of rotatable bonds is 13. The molecule has 0 spiro atoms. The summed E-state index contributed by atoms with van der Waals surface area (Å²) in [6.45, 7) is 6.49. The van der Waals surface area contributed by atoms with Crippen LogP contribution >= 0.6 is 0 Å². The number of fused-ring (bicyclic) bond motifs is 1. The quantitative estimate of drug-likeness (QED) is 0.0796. The molecule has 5 rings (SSSR count). The largest absolute Gasteiger partial charge is 0.491 e. The second-order valence-electron chi connectivity index (χ2n) is 11.5. The lowest BCUT2D eigenvalue weighted by atomic mass is 9.93. The zero-order valence-electron chi connectivity index (χ0n) is 26.7. The van der Waals surface area contributed by atoms with E-state index in [2.05, 4.69) is 16.0 Å². The van der Waals surface area contributed by atoms with E-state index in [1.165, 1.54) is 24.3 Å². The van der Waals surface area contributed by atoms with E-state index in [0.29, 0.717) is 31.1 Å². The number of nitrogens with one attached hydrogen (secondary N) is 1. The standard InChI is InChI=1S/C39H38F2N2O4/c1-4-46-38(45)10-7-23-47-36-9-6-5-8-34(36)42-37(44)25-33(26(2)3)29-15-20-35-30(24-29)21-22-43(35)39(27-11-16-31(40)17-12-27)28-13-18-32(41)19-14-28/h5-6,8-9,11-22,24-26,39H,4,7,10,23H2,1-3H3,(H,42,44)/b33-25+. The molecule has 0 bridgehead atoms. The topological polar surface area (TPSA) is 69.6 Å². The molecule has 8 heteroatoms. The fraction of sp³-hybridized carbons (Fsp3) is 0.231. The van der Waals surface area contributed by atoms with Crippen LogP contribution in [-0.4, -0.2) is 29.7 Å². The van der Waals surface area contributed by atoms with Crippen LogP contribution in [-0.2, 0) is 14.3 Å². The average molecular weight is 637 g/mol. The summed E-state index contributed by atoms with van der Waals surface area (Å²) in [4.78, 5) is 24.9. The smallest absolute Gasteiger partial charge is 0.305 e. The van der Waals surface area contributed by atoms with E-state index in [-0.39, 0.29) is 41.9 Å². The minimum atomic E-state index is -0.326. The van der Waals surface area contributed by atoms with Crippen molar-refractivity contribution in [2.45, 2.75) is 39.7 Å². The first-order chi connectivity index (χ1) is 22.7. The number of hydrogen-bond donors (Lipinski definition) is 1. The first-order valence-electron chi connectivity index (χ1n) is 15.8. The first-order valence-corrected chi connectivity index (χ1v) is 15.8. The molecule has 0 saturated heterocycles. The van der Waals surface area contributed by atoms with Gasteiger partial charge in [0.2, 0.25) is 5.91 Å². The summed E-state index contributed by atoms with van der Waals surface area (Å²) in [5, 5.41) is 3.91. The fourth-order valence-corrected chi connectivity index (χ4v) is 5.59. The second kappa shape index (κ2) is 15.4. The highest BCUT2D eigenvalue weighted by Crippen LogP contribution is 2.34. The van der Waals surface area contributed by atoms with Crippen molar-refractivity contribution in [2.24, 2.45) is 5.92 Å². The van der Waals surface area contributed by atoms with Crippen LogP contribution in [0.25, 0.3) is 16.5 Å². The van der Waals surface area contributed by atoms with Gasteiger partial charge < -0.3 is 19.4 Å². The van der Waals surface area contributed by atoms with Gasteiger partial charge in [0.15, 0.2) is 0 Å². The van der Waals surface area contributed by atoms with Crippen molar-refractivity contribution >= 4 is 34.0 Å². The molecule has 4 aromatic carbocycles. The van der Waals surface area contributed by atoms with Gasteiger partial charge in [-0.3, -0.25) is 9.59 Å². The summed E-state index contributed by atoms with van der Waals surface area (Å²) in [7, 11) is 0. The van der Waals surface area contributed by atoms with E-state index < -0.39 is 0 Å². The lowest BCUT2D eigenvalue weighted by molar-refractivity contribution is -0.143. The maximum Gasteiger partial charge on any atom is 0.305 e. The van der Waals surface area contributed by atoms with Crippen LogP contribution in [0.1, 0.15) is 56.3 Å². The molecule has 47 heavy (non-hydrogen) atoms. The molecule has 0 aliphatic heterocycles. The molecular formula is C39H38F2N2O4. The number of amides is 1. The average Bonchev–Trinajstić information content (AvgIpc) is 3.47. The number of aromatic nitrogens is 1. The highest BCUT2D eigenvalue weighted by atomic mass is 19.1. The Labute approximate surface area is 273 Å². The van der Waals surface area contributed by atoms with Gasteiger partial charge in [0.05, 0.1) is 24.9 Å². The van der Waals surface area contributed by atoms with Gasteiger partial charge in [0, 0.05) is 29.6 Å². The molecule has 5 aromatic rings. The molecule has 0 atom stereocenters. The summed E-state index contributed by atoms with van der Waals surface area (Å²) >= 11 is 0. The molecule has 242 valence electrons. The number of para-hydroxylation sites is 2. The summed E-state index contributed by atoms with van der Waals surface area (Å²) in [5.41, 5.74) is 4.97. The molecule has 1 heterocycles. The third-order valence-electron chi connectivity index (χ3n) is 7.85. The van der Waals surface area contributed by atoms with Crippen LogP contribution in [0.4, 0.5) is 14.5 Å². The maximum atomic E-state index is 13.8. The number of esters is 1. The molecule has 0 unspecified atom stereocenters. The molecule has 0 aliphatic rings. The molecule has 0 saturated carbocycles. The van der Waals surface area contributed by atoms with Crippen LogP contribution in [0, 0.1) is 17.6 Å². The van der Waals surface area contributed by atoms with Crippen LogP contribution in [0.5, 0.6) is 5.75 Å². The lowest BCUT2D eigenvalue weighted by Crippen LogP contribution is -2.12. The van der Waals surface area contributed by atoms with Crippen molar-refractivity contribution in [2.75, 3.05) is 18.5 Å². The summed E-state index contributed by atoms with van der Waals surface area (Å²) in [6.07, 6.45) is 4.34. The Bertz CT molecular complexity index is 1820. The number of carbonyl (C=O) groups excluding carboxylic acids is 2. The van der Waals surface area contributed by atoms with E-state index in [1.807, 2.05) is 50.4 Å². The summed E-state index contributed by atoms with van der Waals surface area (Å²) < 4.78 is 40.6. The number of nitrogens with zero attached hydrogens (tertiary/aromatic N) is 1. The van der Waals surface area contributed by atoms with Crippen molar-refractivity contribution in [3.63, 3.8) is 0 Å². The van der Waals surface area contributed by atoms with Gasteiger partial charge in [-0.15, -0.1) is 0 Å². The number of ether oxygens (including phenoxy) is 2. The zero-order chi connectivity index (χ0) is 33.3. The van der Waals surface area contributed by atoms with Gasteiger partial charge >= 0.3 is 5.97 Å². The minimum absolute atomic E-state index is 0.0424. The molecular weight excluding hydrogens is 598 g/mol. The molecule has 1 N–H and O–H groups in total. The van der Waals surface area contributed by atoms with Crippen molar-refractivity contribution in [1.82, 2.24) is 4.57 Å². The van der Waals surface area contributed by atoms with Crippen LogP contribution in [0.15, 0.2) is 109 Å². The van der Waals surface area contributed by atoms with Crippen molar-refractivity contribution in [1.29, 1.82) is 0 Å². The SMILES string of the molecule is CCOC(=O)CCCOc1ccccc1NC(=O)/C=C(/c1ccc2c(ccn2C(c2ccc(F)cc2)c2ccc(F)cc2)c1)C(C)C. The van der Waals surface area contributed by atoms with Crippen LogP contribution in [0.3, 0.4) is 0 Å². The third kappa shape index (κ3) is 8.33. The molecule has 1 amide bonds. The highest BCUT2D eigenvalue weighted by molar-refractivity contribution is 6.05. The first kappa shape index (κ1) is 33.1. The van der Waals surface area contributed by atoms with Gasteiger partial charge in [-0.05, 0) is 96.1 Å². The van der Waals surface area contributed by atoms with Gasteiger partial charge in [-0.25, -0.2) is 8.78 Å². The summed E-state index contributed by atoms with van der Waals surface area (Å²) in [6, 6.07) is 27.6. The predicted octanol–water partition coefficient (Wildman–Crippen LogP) is 8.96. The lowest BCUT2D eigenvalue weighted by Gasteiger charge is -2.22. The zero-order valence-corrected chi connectivity index (χ0v) is 26.7. The molecule has 0 fully saturated rings. The Morgan fingerprint density at radius 2 is 1.53 bits per heavy atom. The number of allylic oxidation sites excluding steroid dienone is 1. The minimum Gasteiger partial charge on any atom is -0.491 e. The van der Waals surface area contributed by atoms with Gasteiger partial charge in [-0.2, -0.15) is 0 Å². The predicted molar refractivity (Wildman–Crippen MR) is 181 cm³/mol. The number of halogens is 2. The Morgan fingerprint density at radius 3 is 2.17 bits per heavy atom. The maximum absolute atomic E-state index is 13.8. The van der Waals surface area contributed by atoms with E-state index in [9.17, 15) is 18.4 Å². The summed E-state index contributed by atoms with van der Waals surface area (Å²) in [5.74, 6) is -0.647. The number of carbonyl (C=O) groups is 2. The molecule has 6 nitrogen and oxygen atoms in total. The van der Waals surface area contributed by atoms with E-state index in [4.69, 9.17) is 9.47 Å². The monoisotopic (exact) mass is 636 g/mol. The number of benzene rings is 4. The van der Waals surface area contributed by atoms with Gasteiger partial charge in [-0.1, -0.05) is 56.3 Å². The number of anilines is 1. The molecule has 0 radical (unpaired) electrons. The third-order valence-corrected chi connectivity index (χ3v) is 7.85. The van der Waals surface area contributed by atoms with E-state index in [0.717, 1.165) is 33.2 Å². The molecule has 1 aromatic heterocycles. The fourth-order valence-electron chi connectivity index (χ4n) is 5.59. The van der Waals surface area contributed by atoms with E-state index in [1.54, 1.807) is 49.4 Å². The Morgan fingerprint density at radius 1 is 0.872 bits per heavy atom. The molecule has 0 aliphatic carbocycles. The van der Waals surface area contributed by atoms with E-state index >= 15 is 0 Å². The second-order valence-corrected chi connectivity index (χ2v) is 11.5. The van der Waals surface area contributed by atoms with Crippen LogP contribution < -0.4 is 10.1 Å². The van der Waals surface area contributed by atoms with Crippen molar-refractivity contribution in [3.05, 3.63) is 138 Å². The Hall–Kier alpha value is -5.24.